The largest absolute Gasteiger partial charge is 0.483 e. The van der Waals surface area contributed by atoms with Crippen LogP contribution in [-0.4, -0.2) is 56.8 Å². The van der Waals surface area contributed by atoms with Crippen molar-refractivity contribution >= 4 is 11.9 Å². The summed E-state index contributed by atoms with van der Waals surface area (Å²) in [6, 6.07) is 5.86. The second-order valence-corrected chi connectivity index (χ2v) is 6.32. The van der Waals surface area contributed by atoms with E-state index in [1.54, 1.807) is 11.8 Å². The number of hydrogen-bond donors (Lipinski definition) is 0. The minimum atomic E-state index is -0.392. The number of benzene rings is 1. The van der Waals surface area contributed by atoms with Gasteiger partial charge in [0.1, 0.15) is 5.75 Å². The average Bonchev–Trinajstić information content (AvgIpc) is 2.62. The van der Waals surface area contributed by atoms with E-state index < -0.39 is 5.92 Å². The molecule has 0 bridgehead atoms. The van der Waals surface area contributed by atoms with Gasteiger partial charge in [-0.05, 0) is 38.3 Å². The van der Waals surface area contributed by atoms with Crippen molar-refractivity contribution in [2.45, 2.75) is 34.1 Å². The predicted molar refractivity (Wildman–Crippen MR) is 100 cm³/mol. The molecule has 1 unspecified atom stereocenters. The number of aryl methyl sites for hydroxylation is 2. The van der Waals surface area contributed by atoms with Gasteiger partial charge in [-0.1, -0.05) is 25.1 Å². The van der Waals surface area contributed by atoms with Gasteiger partial charge in [0.25, 0.3) is 5.91 Å². The fraction of sp³-hybridized carbons (Fsp3) is 0.600. The highest BCUT2D eigenvalue weighted by molar-refractivity contribution is 5.79. The summed E-state index contributed by atoms with van der Waals surface area (Å²) in [7, 11) is 1.35. The third-order valence-corrected chi connectivity index (χ3v) is 4.12. The van der Waals surface area contributed by atoms with E-state index in [-0.39, 0.29) is 18.5 Å². The Bertz CT molecular complexity index is 567. The lowest BCUT2D eigenvalue weighted by Gasteiger charge is -2.25. The summed E-state index contributed by atoms with van der Waals surface area (Å²) in [5, 5.41) is 0. The van der Waals surface area contributed by atoms with Crippen LogP contribution in [0.2, 0.25) is 0 Å². The first kappa shape index (κ1) is 22.0. The molecule has 1 rings (SSSR count). The molecule has 0 radical (unpaired) electrons. The third-order valence-electron chi connectivity index (χ3n) is 4.12. The highest BCUT2D eigenvalue weighted by Crippen LogP contribution is 2.22. The van der Waals surface area contributed by atoms with Crippen LogP contribution in [0.3, 0.4) is 0 Å². The van der Waals surface area contributed by atoms with Crippen molar-refractivity contribution < 1.29 is 23.8 Å². The molecule has 0 N–H and O–H groups in total. The van der Waals surface area contributed by atoms with Crippen molar-refractivity contribution in [2.24, 2.45) is 5.92 Å². The molecular formula is C20H31NO5. The fourth-order valence-electron chi connectivity index (χ4n) is 2.68. The monoisotopic (exact) mass is 365 g/mol. The van der Waals surface area contributed by atoms with Crippen LogP contribution in [0.4, 0.5) is 0 Å². The first-order valence-electron chi connectivity index (χ1n) is 9.03. The summed E-state index contributed by atoms with van der Waals surface area (Å²) in [5.74, 6) is -0.143. The van der Waals surface area contributed by atoms with E-state index in [9.17, 15) is 9.59 Å². The third kappa shape index (κ3) is 7.04. The molecule has 0 heterocycles. The number of carbonyl (C=O) groups excluding carboxylic acids is 2. The molecule has 1 aromatic carbocycles. The zero-order valence-corrected chi connectivity index (χ0v) is 16.5. The molecule has 0 aliphatic carbocycles. The van der Waals surface area contributed by atoms with Crippen LogP contribution >= 0.6 is 0 Å². The lowest BCUT2D eigenvalue weighted by Crippen LogP contribution is -2.40. The van der Waals surface area contributed by atoms with E-state index in [0.29, 0.717) is 32.7 Å². The van der Waals surface area contributed by atoms with Gasteiger partial charge >= 0.3 is 5.97 Å². The second-order valence-electron chi connectivity index (χ2n) is 6.32. The van der Waals surface area contributed by atoms with Gasteiger partial charge < -0.3 is 19.1 Å². The number of carbonyl (C=O) groups is 2. The zero-order valence-electron chi connectivity index (χ0n) is 16.5. The van der Waals surface area contributed by atoms with E-state index in [1.807, 2.05) is 39.0 Å². The Morgan fingerprint density at radius 1 is 1.19 bits per heavy atom. The van der Waals surface area contributed by atoms with Gasteiger partial charge in [0.2, 0.25) is 0 Å². The van der Waals surface area contributed by atoms with Crippen molar-refractivity contribution in [1.82, 2.24) is 4.90 Å². The summed E-state index contributed by atoms with van der Waals surface area (Å²) in [6.07, 6.45) is 0.705. The molecule has 6 heteroatoms. The summed E-state index contributed by atoms with van der Waals surface area (Å²) >= 11 is 0. The Kier molecular flexibility index (Phi) is 9.73. The SMILES string of the molecule is CCOCCCN(CC(C)C(=O)OC)C(=O)COc1c(C)cccc1C. The van der Waals surface area contributed by atoms with Crippen LogP contribution in [0.5, 0.6) is 5.75 Å². The Morgan fingerprint density at radius 2 is 1.85 bits per heavy atom. The molecular weight excluding hydrogens is 334 g/mol. The number of rotatable bonds is 11. The normalized spacial score (nSPS) is 11.7. The first-order valence-corrected chi connectivity index (χ1v) is 9.03. The highest BCUT2D eigenvalue weighted by Gasteiger charge is 2.22. The Morgan fingerprint density at radius 3 is 2.42 bits per heavy atom. The molecule has 146 valence electrons. The minimum Gasteiger partial charge on any atom is -0.483 e. The number of hydrogen-bond acceptors (Lipinski definition) is 5. The summed E-state index contributed by atoms with van der Waals surface area (Å²) in [6.45, 7) is 9.55. The molecule has 26 heavy (non-hydrogen) atoms. The number of amides is 1. The van der Waals surface area contributed by atoms with E-state index in [1.165, 1.54) is 7.11 Å². The van der Waals surface area contributed by atoms with E-state index >= 15 is 0 Å². The van der Waals surface area contributed by atoms with Gasteiger partial charge in [-0.15, -0.1) is 0 Å². The second kappa shape index (κ2) is 11.5. The summed E-state index contributed by atoms with van der Waals surface area (Å²) in [5.41, 5.74) is 1.98. The molecule has 1 amide bonds. The van der Waals surface area contributed by atoms with Gasteiger partial charge in [-0.3, -0.25) is 9.59 Å². The van der Waals surface area contributed by atoms with Gasteiger partial charge in [0.15, 0.2) is 6.61 Å². The molecule has 0 saturated heterocycles. The van der Waals surface area contributed by atoms with E-state index in [4.69, 9.17) is 14.2 Å². The van der Waals surface area contributed by atoms with Crippen LogP contribution in [0, 0.1) is 19.8 Å². The van der Waals surface area contributed by atoms with Gasteiger partial charge in [0.05, 0.1) is 13.0 Å². The van der Waals surface area contributed by atoms with Crippen molar-refractivity contribution in [3.63, 3.8) is 0 Å². The van der Waals surface area contributed by atoms with E-state index in [2.05, 4.69) is 0 Å². The molecule has 0 saturated carbocycles. The quantitative estimate of drug-likeness (QED) is 0.446. The van der Waals surface area contributed by atoms with Gasteiger partial charge in [-0.25, -0.2) is 0 Å². The molecule has 0 fully saturated rings. The maximum absolute atomic E-state index is 12.7. The van der Waals surface area contributed by atoms with Crippen molar-refractivity contribution in [2.75, 3.05) is 40.0 Å². The molecule has 1 aromatic rings. The lowest BCUT2D eigenvalue weighted by atomic mass is 10.1. The van der Waals surface area contributed by atoms with Crippen LogP contribution in [-0.2, 0) is 19.1 Å². The van der Waals surface area contributed by atoms with Crippen LogP contribution in [0.15, 0.2) is 18.2 Å². The Labute approximate surface area is 156 Å². The van der Waals surface area contributed by atoms with Crippen molar-refractivity contribution in [3.8, 4) is 5.75 Å². The number of esters is 1. The predicted octanol–water partition coefficient (Wildman–Crippen LogP) is 2.75. The zero-order chi connectivity index (χ0) is 19.5. The van der Waals surface area contributed by atoms with Gasteiger partial charge in [0, 0.05) is 26.3 Å². The average molecular weight is 365 g/mol. The van der Waals surface area contributed by atoms with Crippen molar-refractivity contribution in [3.05, 3.63) is 29.3 Å². The molecule has 1 atom stereocenters. The van der Waals surface area contributed by atoms with E-state index in [0.717, 1.165) is 16.9 Å². The Balaban J connectivity index is 2.70. The van der Waals surface area contributed by atoms with Crippen LogP contribution < -0.4 is 4.74 Å². The number of para-hydroxylation sites is 1. The standard InChI is InChI=1S/C20H31NO5/c1-6-25-12-8-11-21(13-17(4)20(23)24-5)18(22)14-26-19-15(2)9-7-10-16(19)3/h7,9-10,17H,6,8,11-14H2,1-5H3. The molecule has 0 aromatic heterocycles. The smallest absolute Gasteiger partial charge is 0.310 e. The number of ether oxygens (including phenoxy) is 3. The molecule has 0 aliphatic heterocycles. The number of nitrogens with zero attached hydrogens (tertiary/aromatic N) is 1. The number of methoxy groups -OCH3 is 1. The van der Waals surface area contributed by atoms with Crippen LogP contribution in [0.25, 0.3) is 0 Å². The Hall–Kier alpha value is -2.08. The summed E-state index contributed by atoms with van der Waals surface area (Å²) < 4.78 is 15.9. The fourth-order valence-corrected chi connectivity index (χ4v) is 2.68. The lowest BCUT2D eigenvalue weighted by molar-refractivity contribution is -0.146. The minimum absolute atomic E-state index is 0.0613. The maximum atomic E-state index is 12.7. The van der Waals surface area contributed by atoms with Crippen LogP contribution in [0.1, 0.15) is 31.4 Å². The maximum Gasteiger partial charge on any atom is 0.310 e. The molecule has 0 aliphatic rings. The summed E-state index contributed by atoms with van der Waals surface area (Å²) in [4.78, 5) is 26.0. The molecule has 0 spiro atoms. The molecule has 6 nitrogen and oxygen atoms in total. The van der Waals surface area contributed by atoms with Gasteiger partial charge in [-0.2, -0.15) is 0 Å². The van der Waals surface area contributed by atoms with Crippen molar-refractivity contribution in [1.29, 1.82) is 0 Å². The highest BCUT2D eigenvalue weighted by atomic mass is 16.5. The first-order chi connectivity index (χ1) is 12.4. The topological polar surface area (TPSA) is 65.1 Å².